The molecule has 0 saturated heterocycles. The first-order valence-corrected chi connectivity index (χ1v) is 13.4. The average molecular weight is 244 g/mol. The largest absolute Gasteiger partial charge is 0.0837 e. The summed E-state index contributed by atoms with van der Waals surface area (Å²) in [5, 5.41) is 0. The Labute approximate surface area is 100 Å². The smallest absolute Gasteiger partial charge is 0.0548 e. The van der Waals surface area contributed by atoms with Crippen molar-refractivity contribution in [3.63, 3.8) is 0 Å². The maximum absolute atomic E-state index is 2.62. The second-order valence-corrected chi connectivity index (χ2v) is 22.3. The molecule has 0 nitrogen and oxygen atoms in total. The maximum atomic E-state index is 2.62. The molecule has 0 spiro atoms. The fourth-order valence-corrected chi connectivity index (χ4v) is 14.8. The van der Waals surface area contributed by atoms with Crippen LogP contribution in [0.15, 0.2) is 36.4 Å². The van der Waals surface area contributed by atoms with Crippen LogP contribution < -0.4 is 0 Å². The van der Waals surface area contributed by atoms with Crippen molar-refractivity contribution in [2.45, 2.75) is 37.3 Å². The van der Waals surface area contributed by atoms with E-state index in [0.717, 1.165) is 11.1 Å². The summed E-state index contributed by atoms with van der Waals surface area (Å²) in [5.41, 5.74) is 4.88. The molecule has 0 amide bonds. The normalized spacial score (nSPS) is 32.5. The Kier molecular flexibility index (Phi) is 1.97. The number of benzene rings is 1. The van der Waals surface area contributed by atoms with Crippen molar-refractivity contribution >= 4 is 15.2 Å². The van der Waals surface area contributed by atoms with E-state index in [1.165, 1.54) is 0 Å². The molecule has 2 heterocycles. The summed E-state index contributed by atoms with van der Waals surface area (Å²) < 4.78 is 0. The molecule has 2 aliphatic heterocycles. The monoisotopic (exact) mass is 244 g/mol. The fraction of sp³-hybridized carbons (Fsp3) is 0.429. The van der Waals surface area contributed by atoms with E-state index in [1.807, 2.05) is 0 Å². The minimum absolute atomic E-state index is 0.787. The first-order chi connectivity index (χ1) is 7.46. The van der Waals surface area contributed by atoms with E-state index in [0.29, 0.717) is 0 Å². The molecule has 16 heavy (non-hydrogen) atoms. The Hall–Kier alpha value is -0.606. The molecular weight excluding hydrogens is 224 g/mol. The molecule has 84 valence electrons. The quantitative estimate of drug-likeness (QED) is 0.478. The molecule has 0 N–H and O–H groups in total. The third-order valence-electron chi connectivity index (χ3n) is 5.38. The highest BCUT2D eigenvalue weighted by Crippen LogP contribution is 2.53. The predicted molar refractivity (Wildman–Crippen MR) is 76.0 cm³/mol. The summed E-state index contributed by atoms with van der Waals surface area (Å²) in [4.78, 5) is 0. The molecule has 1 aromatic carbocycles. The van der Waals surface area contributed by atoms with Gasteiger partial charge < -0.3 is 0 Å². The van der Waals surface area contributed by atoms with Crippen molar-refractivity contribution < 1.29 is 0 Å². The number of hydrogen-bond donors (Lipinski definition) is 0. The molecule has 1 aliphatic carbocycles. The Morgan fingerprint density at radius 1 is 0.750 bits per heavy atom. The zero-order valence-electron chi connectivity index (χ0n) is 10.6. The molecule has 3 aliphatic rings. The molecule has 4 rings (SSSR count). The number of allylic oxidation sites excluding steroid dienone is 2. The van der Waals surface area contributed by atoms with Crippen LogP contribution in [0.3, 0.4) is 0 Å². The lowest BCUT2D eigenvalue weighted by atomic mass is 9.96. The van der Waals surface area contributed by atoms with Gasteiger partial charge >= 0.3 is 0 Å². The van der Waals surface area contributed by atoms with Gasteiger partial charge in [-0.3, -0.25) is 0 Å². The summed E-state index contributed by atoms with van der Waals surface area (Å²) in [7, 11) is -2.19. The Balaban J connectivity index is 2.30. The molecule has 0 radical (unpaired) electrons. The molecule has 0 unspecified atom stereocenters. The molecule has 1 aromatic rings. The lowest BCUT2D eigenvalue weighted by Crippen LogP contribution is -2.66. The van der Waals surface area contributed by atoms with Gasteiger partial charge in [-0.15, -0.1) is 0 Å². The third kappa shape index (κ3) is 1.04. The van der Waals surface area contributed by atoms with Crippen LogP contribution >= 0.6 is 0 Å². The topological polar surface area (TPSA) is 0 Å². The van der Waals surface area contributed by atoms with E-state index in [-0.39, 0.29) is 0 Å². The molecule has 0 saturated carbocycles. The predicted octanol–water partition coefficient (Wildman–Crippen LogP) is 4.01. The maximum Gasteiger partial charge on any atom is 0.0548 e. The van der Waals surface area contributed by atoms with Gasteiger partial charge in [-0.2, -0.15) is 0 Å². The zero-order chi connectivity index (χ0) is 11.6. The van der Waals surface area contributed by atoms with Crippen molar-refractivity contribution in [1.82, 2.24) is 0 Å². The van der Waals surface area contributed by atoms with Gasteiger partial charge in [0.1, 0.15) is 0 Å². The Morgan fingerprint density at radius 3 is 1.50 bits per heavy atom. The van der Waals surface area contributed by atoms with Gasteiger partial charge in [0.25, 0.3) is 0 Å². The average Bonchev–Trinajstić information content (AvgIpc) is 2.25. The van der Waals surface area contributed by atoms with Crippen LogP contribution in [0.2, 0.25) is 26.2 Å². The number of rotatable bonds is 0. The summed E-state index contributed by atoms with van der Waals surface area (Å²) in [6, 6.07) is 9.17. The zero-order valence-corrected chi connectivity index (χ0v) is 12.6. The molecule has 2 atom stereocenters. The SMILES string of the molecule is C[Si]1(C)[C@@H]2C=C[C@@H](c3ccccc32)[Si]1(C)C. The molecular formula is C14H20Si2. The summed E-state index contributed by atoms with van der Waals surface area (Å²) >= 11 is 0. The molecule has 0 fully saturated rings. The number of fused-ring (bicyclic) bond motifs is 1. The Morgan fingerprint density at radius 2 is 1.12 bits per heavy atom. The first-order valence-electron chi connectivity index (χ1n) is 6.23. The minimum Gasteiger partial charge on any atom is -0.0837 e. The fourth-order valence-electron chi connectivity index (χ4n) is 3.57. The highest BCUT2D eigenvalue weighted by Gasteiger charge is 2.56. The van der Waals surface area contributed by atoms with E-state index in [1.54, 1.807) is 11.1 Å². The minimum atomic E-state index is -1.10. The highest BCUT2D eigenvalue weighted by molar-refractivity contribution is 7.42. The van der Waals surface area contributed by atoms with Crippen molar-refractivity contribution in [3.05, 3.63) is 47.5 Å². The standard InChI is InChI=1S/C14H20Si2/c1-15(2)13-9-10-14(16(15,3)4)12-8-6-5-7-11(12)13/h5-10,13-14H,1-4H3/t13-,14+. The van der Waals surface area contributed by atoms with Crippen LogP contribution in [0.4, 0.5) is 0 Å². The highest BCUT2D eigenvalue weighted by atomic mass is 29.3. The van der Waals surface area contributed by atoms with Gasteiger partial charge in [0.15, 0.2) is 0 Å². The summed E-state index contributed by atoms with van der Waals surface area (Å²) in [6.45, 7) is 10.5. The first kappa shape index (κ1) is 10.5. The van der Waals surface area contributed by atoms with Gasteiger partial charge in [0, 0.05) is 0 Å². The lowest BCUT2D eigenvalue weighted by molar-refractivity contribution is 0.954. The van der Waals surface area contributed by atoms with Crippen molar-refractivity contribution in [2.24, 2.45) is 0 Å². The van der Waals surface area contributed by atoms with E-state index in [2.05, 4.69) is 62.6 Å². The van der Waals surface area contributed by atoms with Crippen LogP contribution in [0.25, 0.3) is 0 Å². The van der Waals surface area contributed by atoms with E-state index in [4.69, 9.17) is 0 Å². The van der Waals surface area contributed by atoms with Crippen LogP contribution in [0.5, 0.6) is 0 Å². The van der Waals surface area contributed by atoms with E-state index >= 15 is 0 Å². The summed E-state index contributed by atoms with van der Waals surface area (Å²) in [6.07, 6.45) is 5.05. The lowest BCUT2D eigenvalue weighted by Gasteiger charge is -2.55. The van der Waals surface area contributed by atoms with Gasteiger partial charge in [-0.25, -0.2) is 0 Å². The van der Waals surface area contributed by atoms with E-state index < -0.39 is 15.2 Å². The van der Waals surface area contributed by atoms with Crippen LogP contribution in [0, 0.1) is 0 Å². The van der Waals surface area contributed by atoms with Crippen LogP contribution in [-0.4, -0.2) is 15.2 Å². The van der Waals surface area contributed by atoms with Gasteiger partial charge in [-0.05, 0) is 22.2 Å². The van der Waals surface area contributed by atoms with Crippen molar-refractivity contribution in [1.29, 1.82) is 0 Å². The molecule has 2 heteroatoms. The molecule has 0 aromatic heterocycles. The second-order valence-electron chi connectivity index (χ2n) is 6.41. The van der Waals surface area contributed by atoms with E-state index in [9.17, 15) is 0 Å². The Bertz CT molecular complexity index is 428. The van der Waals surface area contributed by atoms with Gasteiger partial charge in [0.2, 0.25) is 0 Å². The van der Waals surface area contributed by atoms with Crippen LogP contribution in [0.1, 0.15) is 22.2 Å². The third-order valence-corrected chi connectivity index (χ3v) is 24.6. The van der Waals surface area contributed by atoms with Crippen molar-refractivity contribution in [2.75, 3.05) is 0 Å². The van der Waals surface area contributed by atoms with Crippen LogP contribution in [-0.2, 0) is 0 Å². The number of hydrogen-bond acceptors (Lipinski definition) is 0. The summed E-state index contributed by atoms with van der Waals surface area (Å²) in [5.74, 6) is 0. The van der Waals surface area contributed by atoms with Gasteiger partial charge in [-0.1, -0.05) is 62.6 Å². The molecule has 2 bridgehead atoms. The second kappa shape index (κ2) is 2.99. The van der Waals surface area contributed by atoms with Crippen molar-refractivity contribution in [3.8, 4) is 0 Å². The van der Waals surface area contributed by atoms with Gasteiger partial charge in [0.05, 0.1) is 15.2 Å².